The lowest BCUT2D eigenvalue weighted by Gasteiger charge is -2.19. The molecule has 3 rings (SSSR count). The molecular weight excluding hydrogens is 346 g/mol. The molecule has 1 heterocycles. The zero-order valence-electron chi connectivity index (χ0n) is 15.0. The first-order valence-electron chi connectivity index (χ1n) is 8.53. The van der Waals surface area contributed by atoms with E-state index < -0.39 is 23.4 Å². The van der Waals surface area contributed by atoms with Crippen LogP contribution in [0.25, 0.3) is 0 Å². The van der Waals surface area contributed by atoms with Gasteiger partial charge in [-0.25, -0.2) is 4.79 Å². The van der Waals surface area contributed by atoms with Crippen LogP contribution in [0.2, 0.25) is 0 Å². The molecule has 1 aliphatic heterocycles. The Labute approximate surface area is 156 Å². The van der Waals surface area contributed by atoms with Gasteiger partial charge in [-0.05, 0) is 25.5 Å². The second-order valence-corrected chi connectivity index (χ2v) is 6.47. The number of ketones is 1. The molecule has 27 heavy (non-hydrogen) atoms. The van der Waals surface area contributed by atoms with Gasteiger partial charge in [0.05, 0.1) is 0 Å². The van der Waals surface area contributed by atoms with Gasteiger partial charge in [0.2, 0.25) is 0 Å². The van der Waals surface area contributed by atoms with Crippen molar-refractivity contribution in [2.24, 2.45) is 0 Å². The second kappa shape index (κ2) is 7.03. The summed E-state index contributed by atoms with van der Waals surface area (Å²) in [5.41, 5.74) is 2.49. The summed E-state index contributed by atoms with van der Waals surface area (Å²) in [4.78, 5) is 49.0. The standard InChI is InChI=1S/C20H19N3O4/c1-3-20(2)18(26)23(19(27)21-20)22-17(25)15-11-9-14(10-12-15)16(24)13-7-5-4-6-8-13/h4-12H,3H2,1-2H3,(H,21,27)(H,22,25)/t20-/m0/s1. The zero-order valence-corrected chi connectivity index (χ0v) is 15.0. The van der Waals surface area contributed by atoms with Gasteiger partial charge in [0, 0.05) is 16.7 Å². The molecule has 1 aliphatic rings. The number of imide groups is 1. The van der Waals surface area contributed by atoms with Crippen molar-refractivity contribution in [3.05, 3.63) is 71.3 Å². The number of urea groups is 1. The first-order valence-corrected chi connectivity index (χ1v) is 8.53. The SMILES string of the molecule is CC[C@]1(C)NC(=O)N(NC(=O)c2ccc(C(=O)c3ccccc3)cc2)C1=O. The lowest BCUT2D eigenvalue weighted by Crippen LogP contribution is -2.48. The van der Waals surface area contributed by atoms with E-state index >= 15 is 0 Å². The maximum absolute atomic E-state index is 12.4. The fraction of sp³-hybridized carbons (Fsp3) is 0.200. The number of carbonyl (C=O) groups excluding carboxylic acids is 4. The van der Waals surface area contributed by atoms with Crippen LogP contribution in [0.5, 0.6) is 0 Å². The Morgan fingerprint density at radius 1 is 0.963 bits per heavy atom. The molecule has 2 N–H and O–H groups in total. The molecule has 0 spiro atoms. The van der Waals surface area contributed by atoms with E-state index in [1.54, 1.807) is 38.1 Å². The monoisotopic (exact) mass is 365 g/mol. The van der Waals surface area contributed by atoms with Gasteiger partial charge in [-0.1, -0.05) is 49.4 Å². The minimum Gasteiger partial charge on any atom is -0.322 e. The third-order valence-corrected chi connectivity index (χ3v) is 4.63. The van der Waals surface area contributed by atoms with E-state index in [9.17, 15) is 19.2 Å². The lowest BCUT2D eigenvalue weighted by molar-refractivity contribution is -0.132. The zero-order chi connectivity index (χ0) is 19.6. The molecule has 0 bridgehead atoms. The van der Waals surface area contributed by atoms with Gasteiger partial charge in [-0.3, -0.25) is 19.8 Å². The minimum atomic E-state index is -1.03. The summed E-state index contributed by atoms with van der Waals surface area (Å²) in [7, 11) is 0. The number of benzene rings is 2. The third kappa shape index (κ3) is 3.44. The highest BCUT2D eigenvalue weighted by atomic mass is 16.2. The van der Waals surface area contributed by atoms with Crippen molar-refractivity contribution in [2.75, 3.05) is 0 Å². The van der Waals surface area contributed by atoms with E-state index in [-0.39, 0.29) is 11.3 Å². The average molecular weight is 365 g/mol. The smallest absolute Gasteiger partial charge is 0.322 e. The van der Waals surface area contributed by atoms with Gasteiger partial charge in [0.15, 0.2) is 5.78 Å². The number of rotatable bonds is 5. The van der Waals surface area contributed by atoms with E-state index in [1.807, 2.05) is 6.07 Å². The topological polar surface area (TPSA) is 95.6 Å². The normalized spacial score (nSPS) is 19.0. The Morgan fingerprint density at radius 2 is 1.52 bits per heavy atom. The van der Waals surface area contributed by atoms with Crippen molar-refractivity contribution >= 4 is 23.6 Å². The maximum atomic E-state index is 12.4. The molecule has 0 aromatic heterocycles. The van der Waals surface area contributed by atoms with E-state index in [4.69, 9.17) is 0 Å². The molecule has 1 atom stereocenters. The number of hydrogen-bond donors (Lipinski definition) is 2. The first kappa shape index (κ1) is 18.3. The number of nitrogens with zero attached hydrogens (tertiary/aromatic N) is 1. The number of hydrazine groups is 1. The highest BCUT2D eigenvalue weighted by molar-refractivity contribution is 6.10. The van der Waals surface area contributed by atoms with E-state index in [0.29, 0.717) is 22.6 Å². The van der Waals surface area contributed by atoms with Crippen LogP contribution in [0.15, 0.2) is 54.6 Å². The largest absolute Gasteiger partial charge is 0.344 e. The Morgan fingerprint density at radius 3 is 2.07 bits per heavy atom. The summed E-state index contributed by atoms with van der Waals surface area (Å²) in [5.74, 6) is -1.29. The summed E-state index contributed by atoms with van der Waals surface area (Å²) in [6.07, 6.45) is 0.403. The summed E-state index contributed by atoms with van der Waals surface area (Å²) in [6, 6.07) is 14.1. The molecule has 0 aliphatic carbocycles. The quantitative estimate of drug-likeness (QED) is 0.628. The molecule has 0 saturated carbocycles. The number of amides is 4. The fourth-order valence-corrected chi connectivity index (χ4v) is 2.72. The van der Waals surface area contributed by atoms with Crippen LogP contribution in [-0.2, 0) is 4.79 Å². The number of nitrogens with one attached hydrogen (secondary N) is 2. The molecule has 138 valence electrons. The van der Waals surface area contributed by atoms with Crippen molar-refractivity contribution in [3.8, 4) is 0 Å². The second-order valence-electron chi connectivity index (χ2n) is 6.47. The maximum Gasteiger partial charge on any atom is 0.344 e. The Hall–Kier alpha value is -3.48. The van der Waals surface area contributed by atoms with Crippen molar-refractivity contribution in [3.63, 3.8) is 0 Å². The molecule has 2 aromatic carbocycles. The molecule has 0 unspecified atom stereocenters. The predicted octanol–water partition coefficient (Wildman–Crippen LogP) is 2.28. The molecule has 7 nitrogen and oxygen atoms in total. The van der Waals surface area contributed by atoms with Crippen molar-refractivity contribution in [1.29, 1.82) is 0 Å². The van der Waals surface area contributed by atoms with Gasteiger partial charge in [-0.2, -0.15) is 5.01 Å². The highest BCUT2D eigenvalue weighted by Gasteiger charge is 2.47. The molecule has 2 aromatic rings. The molecule has 4 amide bonds. The minimum absolute atomic E-state index is 0.157. The van der Waals surface area contributed by atoms with Crippen LogP contribution in [0, 0.1) is 0 Å². The van der Waals surface area contributed by atoms with Gasteiger partial charge in [0.25, 0.3) is 11.8 Å². The van der Waals surface area contributed by atoms with E-state index in [2.05, 4.69) is 10.7 Å². The first-order chi connectivity index (χ1) is 12.9. The number of hydrogen-bond acceptors (Lipinski definition) is 4. The van der Waals surface area contributed by atoms with Crippen LogP contribution in [0.1, 0.15) is 46.5 Å². The van der Waals surface area contributed by atoms with Crippen LogP contribution in [-0.4, -0.2) is 34.2 Å². The van der Waals surface area contributed by atoms with Crippen LogP contribution in [0.4, 0.5) is 4.79 Å². The van der Waals surface area contributed by atoms with E-state index in [0.717, 1.165) is 0 Å². The average Bonchev–Trinajstić information content (AvgIpc) is 2.91. The predicted molar refractivity (Wildman–Crippen MR) is 97.9 cm³/mol. The third-order valence-electron chi connectivity index (χ3n) is 4.63. The molecule has 1 fully saturated rings. The Bertz CT molecular complexity index is 909. The Kier molecular flexibility index (Phi) is 4.77. The number of carbonyl (C=O) groups is 4. The van der Waals surface area contributed by atoms with E-state index in [1.165, 1.54) is 24.3 Å². The lowest BCUT2D eigenvalue weighted by atomic mass is 10.00. The van der Waals surface area contributed by atoms with Crippen molar-refractivity contribution < 1.29 is 19.2 Å². The van der Waals surface area contributed by atoms with Crippen LogP contribution >= 0.6 is 0 Å². The molecule has 0 radical (unpaired) electrons. The summed E-state index contributed by atoms with van der Waals surface area (Å²) in [5, 5.41) is 3.25. The van der Waals surface area contributed by atoms with Crippen LogP contribution < -0.4 is 10.7 Å². The summed E-state index contributed by atoms with van der Waals surface area (Å²) >= 11 is 0. The Balaban J connectivity index is 1.72. The summed E-state index contributed by atoms with van der Waals surface area (Å²) < 4.78 is 0. The molecule has 7 heteroatoms. The van der Waals surface area contributed by atoms with Gasteiger partial charge < -0.3 is 5.32 Å². The molecular formula is C20H19N3O4. The summed E-state index contributed by atoms with van der Waals surface area (Å²) in [6.45, 7) is 3.37. The van der Waals surface area contributed by atoms with Crippen LogP contribution in [0.3, 0.4) is 0 Å². The highest BCUT2D eigenvalue weighted by Crippen LogP contribution is 2.19. The van der Waals surface area contributed by atoms with Crippen molar-refractivity contribution in [1.82, 2.24) is 15.8 Å². The van der Waals surface area contributed by atoms with Gasteiger partial charge in [-0.15, -0.1) is 0 Å². The van der Waals surface area contributed by atoms with Gasteiger partial charge in [0.1, 0.15) is 5.54 Å². The fourth-order valence-electron chi connectivity index (χ4n) is 2.72. The van der Waals surface area contributed by atoms with Crippen molar-refractivity contribution in [2.45, 2.75) is 25.8 Å². The van der Waals surface area contributed by atoms with Gasteiger partial charge >= 0.3 is 6.03 Å². The molecule has 1 saturated heterocycles.